The molecule has 0 bridgehead atoms. The van der Waals surface area contributed by atoms with Crippen LogP contribution in [-0.2, 0) is 0 Å². The van der Waals surface area contributed by atoms with E-state index in [-0.39, 0.29) is 0 Å². The Morgan fingerprint density at radius 2 is 1.73 bits per heavy atom. The van der Waals surface area contributed by atoms with Gasteiger partial charge in [-0.1, -0.05) is 0 Å². The molecule has 2 fully saturated rings. The minimum atomic E-state index is 0.347. The molecule has 2 aliphatic rings. The van der Waals surface area contributed by atoms with Crippen molar-refractivity contribution in [3.05, 3.63) is 0 Å². The number of rotatable bonds is 1. The summed E-state index contributed by atoms with van der Waals surface area (Å²) in [5.41, 5.74) is 0.347. The lowest BCUT2D eigenvalue weighted by Gasteiger charge is -2.43. The van der Waals surface area contributed by atoms with Crippen molar-refractivity contribution >= 4 is 0 Å². The molecular formula is C12H25N3. The van der Waals surface area contributed by atoms with Crippen LogP contribution in [0, 0.1) is 0 Å². The minimum absolute atomic E-state index is 0.347. The molecule has 2 rings (SSSR count). The van der Waals surface area contributed by atoms with Crippen LogP contribution in [-0.4, -0.2) is 60.6 Å². The maximum absolute atomic E-state index is 3.46. The molecule has 1 N–H and O–H groups in total. The highest BCUT2D eigenvalue weighted by molar-refractivity contribution is 4.87. The third kappa shape index (κ3) is 2.71. The lowest BCUT2D eigenvalue weighted by atomic mass is 10.0. The van der Waals surface area contributed by atoms with E-state index in [1.807, 2.05) is 0 Å². The molecule has 0 saturated carbocycles. The van der Waals surface area contributed by atoms with Crippen molar-refractivity contribution in [2.75, 3.05) is 39.3 Å². The SMILES string of the molecule is CC(C)(C)N1CCN(C2CCNC2)CC1. The van der Waals surface area contributed by atoms with Crippen molar-refractivity contribution in [2.45, 2.75) is 38.8 Å². The first kappa shape index (κ1) is 11.4. The van der Waals surface area contributed by atoms with Gasteiger partial charge in [-0.25, -0.2) is 0 Å². The molecule has 88 valence electrons. The van der Waals surface area contributed by atoms with E-state index in [1.165, 1.54) is 45.7 Å². The first-order chi connectivity index (χ1) is 7.07. The molecule has 1 atom stereocenters. The van der Waals surface area contributed by atoms with Crippen LogP contribution in [0.3, 0.4) is 0 Å². The van der Waals surface area contributed by atoms with Crippen molar-refractivity contribution in [3.8, 4) is 0 Å². The van der Waals surface area contributed by atoms with E-state index in [4.69, 9.17) is 0 Å². The molecule has 0 radical (unpaired) electrons. The first-order valence-electron chi connectivity index (χ1n) is 6.27. The van der Waals surface area contributed by atoms with Crippen LogP contribution in [0.4, 0.5) is 0 Å². The summed E-state index contributed by atoms with van der Waals surface area (Å²) in [4.78, 5) is 5.27. The number of nitrogens with one attached hydrogen (secondary N) is 1. The van der Waals surface area contributed by atoms with E-state index < -0.39 is 0 Å². The maximum atomic E-state index is 3.46. The van der Waals surface area contributed by atoms with Crippen LogP contribution in [0.5, 0.6) is 0 Å². The van der Waals surface area contributed by atoms with Crippen molar-refractivity contribution in [3.63, 3.8) is 0 Å². The second kappa shape index (κ2) is 4.40. The van der Waals surface area contributed by atoms with Gasteiger partial charge in [-0.05, 0) is 33.7 Å². The Kier molecular flexibility index (Phi) is 3.33. The Hall–Kier alpha value is -0.120. The molecule has 0 aliphatic carbocycles. The van der Waals surface area contributed by atoms with Gasteiger partial charge in [0.15, 0.2) is 0 Å². The molecule has 15 heavy (non-hydrogen) atoms. The van der Waals surface area contributed by atoms with Crippen molar-refractivity contribution in [1.82, 2.24) is 15.1 Å². The molecule has 2 heterocycles. The smallest absolute Gasteiger partial charge is 0.0233 e. The zero-order chi connectivity index (χ0) is 10.9. The van der Waals surface area contributed by atoms with Crippen LogP contribution < -0.4 is 5.32 Å². The zero-order valence-electron chi connectivity index (χ0n) is 10.4. The van der Waals surface area contributed by atoms with E-state index in [0.29, 0.717) is 5.54 Å². The van der Waals surface area contributed by atoms with Gasteiger partial charge >= 0.3 is 0 Å². The average Bonchev–Trinajstić information content (AvgIpc) is 2.69. The molecule has 3 nitrogen and oxygen atoms in total. The third-order valence-electron chi connectivity index (χ3n) is 3.81. The van der Waals surface area contributed by atoms with Crippen molar-refractivity contribution in [1.29, 1.82) is 0 Å². The third-order valence-corrected chi connectivity index (χ3v) is 3.81. The average molecular weight is 211 g/mol. The minimum Gasteiger partial charge on any atom is -0.315 e. The number of hydrogen-bond acceptors (Lipinski definition) is 3. The van der Waals surface area contributed by atoms with Gasteiger partial charge in [-0.2, -0.15) is 0 Å². The maximum Gasteiger partial charge on any atom is 0.0233 e. The summed E-state index contributed by atoms with van der Waals surface area (Å²) in [6.45, 7) is 14.4. The number of hydrogen-bond donors (Lipinski definition) is 1. The zero-order valence-corrected chi connectivity index (χ0v) is 10.4. The summed E-state index contributed by atoms with van der Waals surface area (Å²) in [5, 5.41) is 3.46. The fourth-order valence-corrected chi connectivity index (χ4v) is 2.71. The fraction of sp³-hybridized carbons (Fsp3) is 1.00. The Morgan fingerprint density at radius 3 is 2.20 bits per heavy atom. The van der Waals surface area contributed by atoms with E-state index in [1.54, 1.807) is 0 Å². The van der Waals surface area contributed by atoms with Crippen molar-refractivity contribution in [2.24, 2.45) is 0 Å². The van der Waals surface area contributed by atoms with Crippen LogP contribution >= 0.6 is 0 Å². The van der Waals surface area contributed by atoms with Gasteiger partial charge in [0.1, 0.15) is 0 Å². The number of nitrogens with zero attached hydrogens (tertiary/aromatic N) is 2. The monoisotopic (exact) mass is 211 g/mol. The number of piperazine rings is 1. The summed E-state index contributed by atoms with van der Waals surface area (Å²) in [6, 6.07) is 0.812. The standard InChI is InChI=1S/C12H25N3/c1-12(2,3)15-8-6-14(7-9-15)11-4-5-13-10-11/h11,13H,4-10H2,1-3H3. The predicted octanol–water partition coefficient (Wildman–Crippen LogP) is 0.764. The fourth-order valence-electron chi connectivity index (χ4n) is 2.71. The second-order valence-electron chi connectivity index (χ2n) is 5.84. The quantitative estimate of drug-likeness (QED) is 0.691. The van der Waals surface area contributed by atoms with E-state index in [2.05, 4.69) is 35.9 Å². The predicted molar refractivity (Wildman–Crippen MR) is 64.2 cm³/mol. The Balaban J connectivity index is 1.81. The molecule has 0 aromatic rings. The van der Waals surface area contributed by atoms with Gasteiger partial charge < -0.3 is 5.32 Å². The molecule has 1 unspecified atom stereocenters. The van der Waals surface area contributed by atoms with E-state index in [0.717, 1.165) is 6.04 Å². The second-order valence-corrected chi connectivity index (χ2v) is 5.84. The highest BCUT2D eigenvalue weighted by Gasteiger charge is 2.29. The van der Waals surface area contributed by atoms with Gasteiger partial charge in [-0.3, -0.25) is 9.80 Å². The summed E-state index contributed by atoms with van der Waals surface area (Å²) in [7, 11) is 0. The largest absolute Gasteiger partial charge is 0.315 e. The summed E-state index contributed by atoms with van der Waals surface area (Å²) >= 11 is 0. The topological polar surface area (TPSA) is 18.5 Å². The lowest BCUT2D eigenvalue weighted by molar-refractivity contribution is 0.0459. The Morgan fingerprint density at radius 1 is 1.07 bits per heavy atom. The first-order valence-corrected chi connectivity index (χ1v) is 6.27. The van der Waals surface area contributed by atoms with E-state index in [9.17, 15) is 0 Å². The molecular weight excluding hydrogens is 186 g/mol. The molecule has 2 aliphatic heterocycles. The lowest BCUT2D eigenvalue weighted by Crippen LogP contribution is -2.55. The normalized spacial score (nSPS) is 31.0. The molecule has 3 heteroatoms. The molecule has 0 spiro atoms. The Bertz CT molecular complexity index is 195. The van der Waals surface area contributed by atoms with Crippen LogP contribution in [0.15, 0.2) is 0 Å². The van der Waals surface area contributed by atoms with Crippen LogP contribution in [0.2, 0.25) is 0 Å². The highest BCUT2D eigenvalue weighted by Crippen LogP contribution is 2.18. The van der Waals surface area contributed by atoms with Gasteiger partial charge in [-0.15, -0.1) is 0 Å². The summed E-state index contributed by atoms with van der Waals surface area (Å²) < 4.78 is 0. The van der Waals surface area contributed by atoms with Crippen LogP contribution in [0.1, 0.15) is 27.2 Å². The molecule has 0 amide bonds. The summed E-state index contributed by atoms with van der Waals surface area (Å²) in [6.07, 6.45) is 1.34. The Labute approximate surface area is 93.8 Å². The molecule has 0 aromatic carbocycles. The van der Waals surface area contributed by atoms with Gasteiger partial charge in [0, 0.05) is 44.3 Å². The highest BCUT2D eigenvalue weighted by atomic mass is 15.3. The van der Waals surface area contributed by atoms with Crippen LogP contribution in [0.25, 0.3) is 0 Å². The van der Waals surface area contributed by atoms with Gasteiger partial charge in [0.25, 0.3) is 0 Å². The van der Waals surface area contributed by atoms with Gasteiger partial charge in [0.2, 0.25) is 0 Å². The van der Waals surface area contributed by atoms with Crippen molar-refractivity contribution < 1.29 is 0 Å². The molecule has 2 saturated heterocycles. The molecule has 0 aromatic heterocycles. The van der Waals surface area contributed by atoms with Gasteiger partial charge in [0.05, 0.1) is 0 Å². The summed E-state index contributed by atoms with van der Waals surface area (Å²) in [5.74, 6) is 0. The van der Waals surface area contributed by atoms with E-state index >= 15 is 0 Å².